The van der Waals surface area contributed by atoms with Crippen molar-refractivity contribution in [3.8, 4) is 12.3 Å². The number of unbranched alkanes of at least 4 members (excludes halogenated alkanes) is 1. The minimum absolute atomic E-state index is 0.202. The number of rotatable bonds is 4. The number of carbonyl (C=O) groups is 1. The van der Waals surface area contributed by atoms with Crippen molar-refractivity contribution in [3.05, 3.63) is 24.0 Å². The van der Waals surface area contributed by atoms with Crippen LogP contribution in [-0.2, 0) is 0 Å². The van der Waals surface area contributed by atoms with Gasteiger partial charge in [-0.25, -0.2) is 4.98 Å². The van der Waals surface area contributed by atoms with Crippen molar-refractivity contribution in [1.82, 2.24) is 10.3 Å². The highest BCUT2D eigenvalue weighted by molar-refractivity contribution is 5.92. The zero-order chi connectivity index (χ0) is 11.1. The first kappa shape index (κ1) is 11.1. The van der Waals surface area contributed by atoms with Crippen LogP contribution in [0.15, 0.2) is 18.3 Å². The Bertz CT molecular complexity index is 364. The summed E-state index contributed by atoms with van der Waals surface area (Å²) in [5.41, 5.74) is 6.36. The number of nitrogens with one attached hydrogen (secondary N) is 1. The largest absolute Gasteiger partial charge is 0.397 e. The van der Waals surface area contributed by atoms with Gasteiger partial charge in [-0.05, 0) is 18.6 Å². The SMILES string of the molecule is C#CCCCNC(=O)c1ccc(N)cn1. The van der Waals surface area contributed by atoms with Crippen molar-refractivity contribution >= 4 is 11.6 Å². The molecule has 0 aliphatic rings. The number of nitrogens with two attached hydrogens (primary N) is 1. The average molecular weight is 203 g/mol. The molecular weight excluding hydrogens is 190 g/mol. The Morgan fingerprint density at radius 1 is 1.60 bits per heavy atom. The first-order valence-electron chi connectivity index (χ1n) is 4.67. The normalized spacial score (nSPS) is 9.27. The molecule has 0 aromatic carbocycles. The number of nitrogen functional groups attached to an aromatic ring is 1. The molecule has 0 saturated carbocycles. The Morgan fingerprint density at radius 2 is 2.40 bits per heavy atom. The predicted molar refractivity (Wildman–Crippen MR) is 59.0 cm³/mol. The maximum atomic E-state index is 11.5. The molecule has 1 aromatic heterocycles. The molecule has 15 heavy (non-hydrogen) atoms. The van der Waals surface area contributed by atoms with Crippen LogP contribution in [0.1, 0.15) is 23.3 Å². The Labute approximate surface area is 88.9 Å². The van der Waals surface area contributed by atoms with E-state index in [4.69, 9.17) is 12.2 Å². The highest BCUT2D eigenvalue weighted by Crippen LogP contribution is 2.00. The standard InChI is InChI=1S/C11H13N3O/c1-2-3-4-7-13-11(15)10-6-5-9(12)8-14-10/h1,5-6,8H,3-4,7,12H2,(H,13,15). The van der Waals surface area contributed by atoms with Crippen molar-refractivity contribution in [3.63, 3.8) is 0 Å². The van der Waals surface area contributed by atoms with Gasteiger partial charge >= 0.3 is 0 Å². The number of carbonyl (C=O) groups excluding carboxylic acids is 1. The van der Waals surface area contributed by atoms with Crippen LogP contribution in [0.3, 0.4) is 0 Å². The van der Waals surface area contributed by atoms with E-state index < -0.39 is 0 Å². The van der Waals surface area contributed by atoms with Crippen molar-refractivity contribution < 1.29 is 4.79 Å². The van der Waals surface area contributed by atoms with Gasteiger partial charge in [0.15, 0.2) is 0 Å². The molecule has 4 heteroatoms. The number of pyridine rings is 1. The first-order chi connectivity index (χ1) is 7.24. The summed E-state index contributed by atoms with van der Waals surface area (Å²) in [7, 11) is 0. The van der Waals surface area contributed by atoms with Crippen molar-refractivity contribution in [2.24, 2.45) is 0 Å². The lowest BCUT2D eigenvalue weighted by Crippen LogP contribution is -2.25. The zero-order valence-corrected chi connectivity index (χ0v) is 8.36. The zero-order valence-electron chi connectivity index (χ0n) is 8.36. The van der Waals surface area contributed by atoms with E-state index in [1.807, 2.05) is 0 Å². The monoisotopic (exact) mass is 203 g/mol. The number of amides is 1. The molecule has 0 aliphatic carbocycles. The average Bonchev–Trinajstić information content (AvgIpc) is 2.25. The number of anilines is 1. The van der Waals surface area contributed by atoms with Gasteiger partial charge in [0.1, 0.15) is 5.69 Å². The van der Waals surface area contributed by atoms with Crippen LogP contribution in [0.5, 0.6) is 0 Å². The summed E-state index contributed by atoms with van der Waals surface area (Å²) >= 11 is 0. The van der Waals surface area contributed by atoms with Gasteiger partial charge in [0.2, 0.25) is 0 Å². The number of aromatic nitrogens is 1. The van der Waals surface area contributed by atoms with Crippen molar-refractivity contribution in [2.75, 3.05) is 12.3 Å². The smallest absolute Gasteiger partial charge is 0.269 e. The van der Waals surface area contributed by atoms with E-state index in [1.165, 1.54) is 6.20 Å². The minimum atomic E-state index is -0.202. The fraction of sp³-hybridized carbons (Fsp3) is 0.273. The van der Waals surface area contributed by atoms with Crippen LogP contribution in [0.4, 0.5) is 5.69 Å². The van der Waals surface area contributed by atoms with E-state index in [0.717, 1.165) is 6.42 Å². The molecule has 0 unspecified atom stereocenters. The molecule has 0 spiro atoms. The molecule has 0 fully saturated rings. The summed E-state index contributed by atoms with van der Waals surface area (Å²) in [5.74, 6) is 2.30. The Balaban J connectivity index is 2.41. The van der Waals surface area contributed by atoms with Gasteiger partial charge in [-0.1, -0.05) is 0 Å². The van der Waals surface area contributed by atoms with Crippen LogP contribution >= 0.6 is 0 Å². The predicted octanol–water partition coefficient (Wildman–Crippen LogP) is 0.807. The summed E-state index contributed by atoms with van der Waals surface area (Å²) in [6, 6.07) is 3.23. The number of terminal acetylenes is 1. The minimum Gasteiger partial charge on any atom is -0.397 e. The van der Waals surface area contributed by atoms with Crippen molar-refractivity contribution in [1.29, 1.82) is 0 Å². The van der Waals surface area contributed by atoms with Gasteiger partial charge in [0.25, 0.3) is 5.91 Å². The molecule has 1 amide bonds. The summed E-state index contributed by atoms with van der Waals surface area (Å²) in [6.45, 7) is 0.565. The van der Waals surface area contributed by atoms with Gasteiger partial charge < -0.3 is 11.1 Å². The molecule has 0 bridgehead atoms. The van der Waals surface area contributed by atoms with E-state index >= 15 is 0 Å². The summed E-state index contributed by atoms with van der Waals surface area (Å²) in [4.78, 5) is 15.4. The molecular formula is C11H13N3O. The third-order valence-electron chi connectivity index (χ3n) is 1.80. The van der Waals surface area contributed by atoms with Gasteiger partial charge in [-0.3, -0.25) is 4.79 Å². The third-order valence-corrected chi connectivity index (χ3v) is 1.80. The third kappa shape index (κ3) is 3.69. The molecule has 0 atom stereocenters. The lowest BCUT2D eigenvalue weighted by Gasteiger charge is -2.02. The number of hydrogen-bond donors (Lipinski definition) is 2. The van der Waals surface area contributed by atoms with Crippen LogP contribution in [0.2, 0.25) is 0 Å². The second kappa shape index (κ2) is 5.66. The Kier molecular flexibility index (Phi) is 4.17. The molecule has 1 rings (SSSR count). The van der Waals surface area contributed by atoms with Crippen LogP contribution in [0, 0.1) is 12.3 Å². The fourth-order valence-corrected chi connectivity index (χ4v) is 1.02. The molecule has 3 N–H and O–H groups in total. The van der Waals surface area contributed by atoms with Crippen molar-refractivity contribution in [2.45, 2.75) is 12.8 Å². The quantitative estimate of drug-likeness (QED) is 0.562. The van der Waals surface area contributed by atoms with E-state index in [-0.39, 0.29) is 5.91 Å². The lowest BCUT2D eigenvalue weighted by atomic mass is 10.3. The van der Waals surface area contributed by atoms with E-state index in [2.05, 4.69) is 16.2 Å². The van der Waals surface area contributed by atoms with Gasteiger partial charge in [-0.15, -0.1) is 12.3 Å². The summed E-state index contributed by atoms with van der Waals surface area (Å²) < 4.78 is 0. The highest BCUT2D eigenvalue weighted by atomic mass is 16.1. The second-order valence-electron chi connectivity index (χ2n) is 3.04. The molecule has 1 heterocycles. The first-order valence-corrected chi connectivity index (χ1v) is 4.67. The molecule has 1 aromatic rings. The van der Waals surface area contributed by atoms with Gasteiger partial charge in [-0.2, -0.15) is 0 Å². The van der Waals surface area contributed by atoms with Crippen LogP contribution < -0.4 is 11.1 Å². The Morgan fingerprint density at radius 3 is 3.00 bits per heavy atom. The highest BCUT2D eigenvalue weighted by Gasteiger charge is 2.04. The molecule has 78 valence electrons. The number of hydrogen-bond acceptors (Lipinski definition) is 3. The summed E-state index contributed by atoms with van der Waals surface area (Å²) in [5, 5.41) is 2.72. The lowest BCUT2D eigenvalue weighted by molar-refractivity contribution is 0.0948. The fourth-order valence-electron chi connectivity index (χ4n) is 1.02. The topological polar surface area (TPSA) is 68.0 Å². The Hall–Kier alpha value is -2.02. The van der Waals surface area contributed by atoms with E-state index in [1.54, 1.807) is 12.1 Å². The molecule has 4 nitrogen and oxygen atoms in total. The molecule has 0 saturated heterocycles. The molecule has 0 aliphatic heterocycles. The van der Waals surface area contributed by atoms with E-state index in [0.29, 0.717) is 24.3 Å². The van der Waals surface area contributed by atoms with E-state index in [9.17, 15) is 4.79 Å². The maximum absolute atomic E-state index is 11.5. The summed E-state index contributed by atoms with van der Waals surface area (Å²) in [6.07, 6.45) is 7.98. The van der Waals surface area contributed by atoms with Gasteiger partial charge in [0, 0.05) is 13.0 Å². The second-order valence-corrected chi connectivity index (χ2v) is 3.04. The van der Waals surface area contributed by atoms with Crippen LogP contribution in [0.25, 0.3) is 0 Å². The molecule has 0 radical (unpaired) electrons. The number of nitrogens with zero attached hydrogens (tertiary/aromatic N) is 1. The maximum Gasteiger partial charge on any atom is 0.269 e. The van der Waals surface area contributed by atoms with Gasteiger partial charge in [0.05, 0.1) is 11.9 Å². The van der Waals surface area contributed by atoms with Crippen LogP contribution in [-0.4, -0.2) is 17.4 Å².